The molecule has 0 spiro atoms. The maximum atomic E-state index is 13.3. The molecule has 0 radical (unpaired) electrons. The summed E-state index contributed by atoms with van der Waals surface area (Å²) in [4.78, 5) is 18.6. The van der Waals surface area contributed by atoms with Gasteiger partial charge in [0.1, 0.15) is 10.6 Å². The number of carbonyl (C=O) groups is 1. The highest BCUT2D eigenvalue weighted by Crippen LogP contribution is 2.32. The topological polar surface area (TPSA) is 85.8 Å². The molecular weight excluding hydrogens is 417 g/mol. The molecule has 0 atom stereocenters. The number of thiophene rings is 1. The van der Waals surface area contributed by atoms with E-state index in [1.807, 2.05) is 31.2 Å². The van der Waals surface area contributed by atoms with E-state index in [0.717, 1.165) is 21.6 Å². The van der Waals surface area contributed by atoms with E-state index in [9.17, 15) is 9.18 Å². The molecule has 3 heterocycles. The van der Waals surface area contributed by atoms with E-state index < -0.39 is 0 Å². The van der Waals surface area contributed by atoms with E-state index in [2.05, 4.69) is 20.6 Å². The average molecular weight is 433 g/mol. The van der Waals surface area contributed by atoms with Gasteiger partial charge in [-0.05, 0) is 49.4 Å². The number of rotatable bonds is 4. The molecule has 5 rings (SSSR count). The van der Waals surface area contributed by atoms with Gasteiger partial charge in [-0.15, -0.1) is 11.3 Å². The standard InChI is InChI=1S/C22H16FN5O2S/c1-12-17-11-19(31-22(17)28(26-12)15-9-7-14(23)8-10-15)21(29)25-18-6-4-3-5-16(18)20-24-13(2)30-27-20/h3-11H,1-2H3,(H,25,29). The Labute approximate surface area is 180 Å². The van der Waals surface area contributed by atoms with Gasteiger partial charge in [-0.3, -0.25) is 4.79 Å². The van der Waals surface area contributed by atoms with Gasteiger partial charge < -0.3 is 9.84 Å². The zero-order valence-corrected chi connectivity index (χ0v) is 17.4. The number of aromatic nitrogens is 4. The van der Waals surface area contributed by atoms with Crippen LogP contribution in [0.3, 0.4) is 0 Å². The van der Waals surface area contributed by atoms with E-state index >= 15 is 0 Å². The third-order valence-electron chi connectivity index (χ3n) is 4.78. The number of carbonyl (C=O) groups excluding carboxylic acids is 1. The Morgan fingerprint density at radius 2 is 1.90 bits per heavy atom. The van der Waals surface area contributed by atoms with Crippen molar-refractivity contribution in [1.82, 2.24) is 19.9 Å². The summed E-state index contributed by atoms with van der Waals surface area (Å²) < 4.78 is 20.1. The molecule has 7 nitrogen and oxygen atoms in total. The van der Waals surface area contributed by atoms with Crippen LogP contribution in [0.1, 0.15) is 21.3 Å². The van der Waals surface area contributed by atoms with E-state index in [0.29, 0.717) is 27.8 Å². The molecule has 2 aromatic carbocycles. The molecule has 0 aliphatic heterocycles. The molecule has 0 unspecified atom stereocenters. The lowest BCUT2D eigenvalue weighted by Crippen LogP contribution is -2.11. The Hall–Kier alpha value is -3.85. The lowest BCUT2D eigenvalue weighted by molar-refractivity contribution is 0.103. The second-order valence-corrected chi connectivity index (χ2v) is 7.97. The summed E-state index contributed by atoms with van der Waals surface area (Å²) in [6.07, 6.45) is 0. The number of hydrogen-bond donors (Lipinski definition) is 1. The lowest BCUT2D eigenvalue weighted by atomic mass is 10.1. The molecule has 5 aromatic rings. The fourth-order valence-corrected chi connectivity index (χ4v) is 4.37. The molecule has 0 bridgehead atoms. The molecule has 1 amide bonds. The molecule has 1 N–H and O–H groups in total. The normalized spacial score (nSPS) is 11.2. The summed E-state index contributed by atoms with van der Waals surface area (Å²) in [6.45, 7) is 3.59. The minimum absolute atomic E-state index is 0.251. The van der Waals surface area contributed by atoms with Crippen molar-refractivity contribution in [3.05, 3.63) is 76.9 Å². The maximum absolute atomic E-state index is 13.3. The van der Waals surface area contributed by atoms with Crippen LogP contribution in [0.2, 0.25) is 0 Å². The Morgan fingerprint density at radius 3 is 2.65 bits per heavy atom. The van der Waals surface area contributed by atoms with Gasteiger partial charge in [0.05, 0.1) is 21.9 Å². The Bertz CT molecular complexity index is 1420. The number of nitrogens with one attached hydrogen (secondary N) is 1. The zero-order valence-electron chi connectivity index (χ0n) is 16.6. The predicted octanol–water partition coefficient (Wildman–Crippen LogP) is 5.15. The molecule has 0 saturated carbocycles. The van der Waals surface area contributed by atoms with Crippen LogP contribution in [0.5, 0.6) is 0 Å². The van der Waals surface area contributed by atoms with Crippen LogP contribution in [-0.4, -0.2) is 25.8 Å². The van der Waals surface area contributed by atoms with E-state index in [4.69, 9.17) is 4.52 Å². The minimum atomic E-state index is -0.314. The van der Waals surface area contributed by atoms with Crippen molar-refractivity contribution in [3.8, 4) is 17.1 Å². The highest BCUT2D eigenvalue weighted by atomic mass is 32.1. The summed E-state index contributed by atoms with van der Waals surface area (Å²) in [7, 11) is 0. The van der Waals surface area contributed by atoms with Crippen LogP contribution in [0, 0.1) is 19.7 Å². The van der Waals surface area contributed by atoms with Crippen molar-refractivity contribution in [2.75, 3.05) is 5.32 Å². The number of nitrogens with zero attached hydrogens (tertiary/aromatic N) is 4. The minimum Gasteiger partial charge on any atom is -0.339 e. The zero-order chi connectivity index (χ0) is 21.5. The first-order valence-corrected chi connectivity index (χ1v) is 10.3. The summed E-state index contributed by atoms with van der Waals surface area (Å²) in [5.74, 6) is 0.290. The quantitative estimate of drug-likeness (QED) is 0.424. The summed E-state index contributed by atoms with van der Waals surface area (Å²) >= 11 is 1.32. The predicted molar refractivity (Wildman–Crippen MR) is 116 cm³/mol. The van der Waals surface area contributed by atoms with E-state index in [1.54, 1.807) is 29.8 Å². The number of anilines is 1. The van der Waals surface area contributed by atoms with Crippen molar-refractivity contribution in [3.63, 3.8) is 0 Å². The number of benzene rings is 2. The summed E-state index contributed by atoms with van der Waals surface area (Å²) in [5.41, 5.74) is 2.77. The molecule has 0 saturated heterocycles. The van der Waals surface area contributed by atoms with Crippen molar-refractivity contribution in [2.45, 2.75) is 13.8 Å². The van der Waals surface area contributed by atoms with Gasteiger partial charge in [-0.25, -0.2) is 9.07 Å². The van der Waals surface area contributed by atoms with Crippen molar-refractivity contribution in [1.29, 1.82) is 0 Å². The van der Waals surface area contributed by atoms with Crippen LogP contribution in [0.15, 0.2) is 59.1 Å². The Balaban J connectivity index is 1.49. The van der Waals surface area contributed by atoms with Gasteiger partial charge in [0.15, 0.2) is 0 Å². The molecule has 0 fully saturated rings. The fourth-order valence-electron chi connectivity index (χ4n) is 3.30. The number of para-hydroxylation sites is 1. The number of aryl methyl sites for hydroxylation is 2. The third-order valence-corrected chi connectivity index (χ3v) is 5.89. The average Bonchev–Trinajstić information content (AvgIpc) is 3.46. The Kier molecular flexibility index (Phi) is 4.59. The first-order valence-electron chi connectivity index (χ1n) is 9.46. The molecule has 31 heavy (non-hydrogen) atoms. The molecule has 0 aliphatic carbocycles. The van der Waals surface area contributed by atoms with Crippen LogP contribution in [0.4, 0.5) is 10.1 Å². The van der Waals surface area contributed by atoms with Crippen molar-refractivity contribution in [2.24, 2.45) is 0 Å². The van der Waals surface area contributed by atoms with Crippen LogP contribution < -0.4 is 5.32 Å². The molecule has 3 aromatic heterocycles. The van der Waals surface area contributed by atoms with Gasteiger partial charge >= 0.3 is 0 Å². The van der Waals surface area contributed by atoms with E-state index in [1.165, 1.54) is 23.5 Å². The van der Waals surface area contributed by atoms with Gasteiger partial charge in [-0.2, -0.15) is 10.1 Å². The number of fused-ring (bicyclic) bond motifs is 1. The van der Waals surface area contributed by atoms with Gasteiger partial charge in [0.25, 0.3) is 5.91 Å². The molecular formula is C22H16FN5O2S. The number of amides is 1. The second-order valence-electron chi connectivity index (χ2n) is 6.94. The summed E-state index contributed by atoms with van der Waals surface area (Å²) in [5, 5.41) is 12.3. The van der Waals surface area contributed by atoms with Crippen LogP contribution in [0.25, 0.3) is 27.3 Å². The largest absolute Gasteiger partial charge is 0.339 e. The van der Waals surface area contributed by atoms with Crippen molar-refractivity contribution < 1.29 is 13.7 Å². The molecule has 0 aliphatic rings. The Morgan fingerprint density at radius 1 is 1.13 bits per heavy atom. The maximum Gasteiger partial charge on any atom is 0.265 e. The SMILES string of the molecule is Cc1nc(-c2ccccc2NC(=O)c2cc3c(C)nn(-c4ccc(F)cc4)c3s2)no1. The first-order chi connectivity index (χ1) is 15.0. The smallest absolute Gasteiger partial charge is 0.265 e. The number of hydrogen-bond acceptors (Lipinski definition) is 6. The molecule has 154 valence electrons. The number of halogens is 1. The third kappa shape index (κ3) is 3.49. The van der Waals surface area contributed by atoms with Gasteiger partial charge in [0, 0.05) is 17.9 Å². The first kappa shape index (κ1) is 19.1. The van der Waals surface area contributed by atoms with Crippen LogP contribution >= 0.6 is 11.3 Å². The van der Waals surface area contributed by atoms with E-state index in [-0.39, 0.29) is 11.7 Å². The molecule has 9 heteroatoms. The summed E-state index contributed by atoms with van der Waals surface area (Å²) in [6, 6.07) is 15.2. The second kappa shape index (κ2) is 7.44. The lowest BCUT2D eigenvalue weighted by Gasteiger charge is -2.07. The monoisotopic (exact) mass is 433 g/mol. The van der Waals surface area contributed by atoms with Gasteiger partial charge in [0.2, 0.25) is 11.7 Å². The van der Waals surface area contributed by atoms with Gasteiger partial charge in [-0.1, -0.05) is 17.3 Å². The highest BCUT2D eigenvalue weighted by Gasteiger charge is 2.19. The fraction of sp³-hybridized carbons (Fsp3) is 0.0909. The van der Waals surface area contributed by atoms with Crippen LogP contribution in [-0.2, 0) is 0 Å². The highest BCUT2D eigenvalue weighted by molar-refractivity contribution is 7.20. The van der Waals surface area contributed by atoms with Crippen molar-refractivity contribution >= 4 is 33.1 Å².